The molecule has 0 bridgehead atoms. The van der Waals surface area contributed by atoms with Gasteiger partial charge in [-0.1, -0.05) is 45.7 Å². The van der Waals surface area contributed by atoms with Gasteiger partial charge in [-0.05, 0) is 55.3 Å². The molecule has 0 aromatic heterocycles. The van der Waals surface area contributed by atoms with E-state index in [4.69, 9.17) is 11.6 Å². The van der Waals surface area contributed by atoms with Crippen molar-refractivity contribution in [2.75, 3.05) is 7.05 Å². The van der Waals surface area contributed by atoms with E-state index in [1.165, 1.54) is 5.56 Å². The number of halogens is 3. The van der Waals surface area contributed by atoms with Crippen LogP contribution in [0.15, 0.2) is 40.9 Å². The molecule has 1 N–H and O–H groups in total. The molecule has 106 valence electrons. The third kappa shape index (κ3) is 3.40. The first kappa shape index (κ1) is 15.5. The maximum atomic E-state index is 14.0. The third-order valence-corrected chi connectivity index (χ3v) is 4.20. The molecule has 1 nitrogen and oxygen atoms in total. The van der Waals surface area contributed by atoms with Gasteiger partial charge < -0.3 is 5.32 Å². The van der Waals surface area contributed by atoms with Crippen molar-refractivity contribution in [3.8, 4) is 0 Å². The fraction of sp³-hybridized carbons (Fsp3) is 0.250. The number of nitrogens with one attached hydrogen (secondary N) is 1. The van der Waals surface area contributed by atoms with Crippen molar-refractivity contribution in [3.63, 3.8) is 0 Å². The SMILES string of the molecule is CNC(Cc1cccc(Cl)c1F)c1ccc(Br)cc1C. The monoisotopic (exact) mass is 355 g/mol. The van der Waals surface area contributed by atoms with Crippen LogP contribution in [-0.2, 0) is 6.42 Å². The van der Waals surface area contributed by atoms with Crippen LogP contribution in [0.2, 0.25) is 5.02 Å². The van der Waals surface area contributed by atoms with E-state index < -0.39 is 0 Å². The molecule has 2 aromatic carbocycles. The van der Waals surface area contributed by atoms with Crippen LogP contribution in [0.1, 0.15) is 22.7 Å². The number of hydrogen-bond acceptors (Lipinski definition) is 1. The summed E-state index contributed by atoms with van der Waals surface area (Å²) in [4.78, 5) is 0. The van der Waals surface area contributed by atoms with Gasteiger partial charge in [-0.3, -0.25) is 0 Å². The Kier molecular flexibility index (Phi) is 5.19. The van der Waals surface area contributed by atoms with Gasteiger partial charge in [0.05, 0.1) is 5.02 Å². The minimum atomic E-state index is -0.329. The molecule has 1 atom stereocenters. The van der Waals surface area contributed by atoms with Crippen molar-refractivity contribution in [3.05, 3.63) is 68.4 Å². The summed E-state index contributed by atoms with van der Waals surface area (Å²) >= 11 is 9.29. The van der Waals surface area contributed by atoms with E-state index in [2.05, 4.69) is 40.3 Å². The predicted octanol–water partition coefficient (Wildman–Crippen LogP) is 5.05. The molecule has 0 aliphatic rings. The van der Waals surface area contributed by atoms with Gasteiger partial charge in [-0.2, -0.15) is 0 Å². The maximum Gasteiger partial charge on any atom is 0.145 e. The average molecular weight is 357 g/mol. The highest BCUT2D eigenvalue weighted by molar-refractivity contribution is 9.10. The summed E-state index contributed by atoms with van der Waals surface area (Å²) in [6.45, 7) is 2.05. The highest BCUT2D eigenvalue weighted by Crippen LogP contribution is 2.27. The molecule has 0 saturated carbocycles. The highest BCUT2D eigenvalue weighted by Gasteiger charge is 2.16. The zero-order valence-corrected chi connectivity index (χ0v) is 13.7. The quantitative estimate of drug-likeness (QED) is 0.808. The summed E-state index contributed by atoms with van der Waals surface area (Å²) in [5, 5.41) is 3.42. The van der Waals surface area contributed by atoms with Gasteiger partial charge in [0, 0.05) is 10.5 Å². The van der Waals surface area contributed by atoms with Crippen LogP contribution in [0.4, 0.5) is 4.39 Å². The molecule has 1 unspecified atom stereocenters. The van der Waals surface area contributed by atoms with E-state index in [0.717, 1.165) is 10.0 Å². The molecule has 2 rings (SSSR count). The van der Waals surface area contributed by atoms with E-state index in [-0.39, 0.29) is 16.9 Å². The van der Waals surface area contributed by atoms with Crippen molar-refractivity contribution in [2.24, 2.45) is 0 Å². The Balaban J connectivity index is 2.31. The first-order valence-electron chi connectivity index (χ1n) is 6.39. The van der Waals surface area contributed by atoms with Gasteiger partial charge in [-0.15, -0.1) is 0 Å². The molecule has 0 heterocycles. The van der Waals surface area contributed by atoms with E-state index in [0.29, 0.717) is 12.0 Å². The zero-order valence-electron chi connectivity index (χ0n) is 11.4. The number of rotatable bonds is 4. The molecule has 0 aliphatic heterocycles. The normalized spacial score (nSPS) is 12.4. The van der Waals surface area contributed by atoms with Crippen molar-refractivity contribution >= 4 is 27.5 Å². The molecule has 2 aromatic rings. The third-order valence-electron chi connectivity index (χ3n) is 3.41. The molecule has 20 heavy (non-hydrogen) atoms. The second-order valence-corrected chi connectivity index (χ2v) is 6.08. The van der Waals surface area contributed by atoms with E-state index in [1.54, 1.807) is 18.2 Å². The van der Waals surface area contributed by atoms with Crippen molar-refractivity contribution in [1.82, 2.24) is 5.32 Å². The Morgan fingerprint density at radius 2 is 2.05 bits per heavy atom. The predicted molar refractivity (Wildman–Crippen MR) is 85.8 cm³/mol. The van der Waals surface area contributed by atoms with Gasteiger partial charge >= 0.3 is 0 Å². The molecular weight excluding hydrogens is 341 g/mol. The first-order chi connectivity index (χ1) is 9.52. The van der Waals surface area contributed by atoms with Crippen LogP contribution in [0.3, 0.4) is 0 Å². The lowest BCUT2D eigenvalue weighted by Crippen LogP contribution is -2.20. The minimum absolute atomic E-state index is 0.0519. The van der Waals surface area contributed by atoms with Crippen LogP contribution >= 0.6 is 27.5 Å². The van der Waals surface area contributed by atoms with Gasteiger partial charge in [-0.25, -0.2) is 4.39 Å². The van der Waals surface area contributed by atoms with Crippen molar-refractivity contribution in [1.29, 1.82) is 0 Å². The van der Waals surface area contributed by atoms with Gasteiger partial charge in [0.1, 0.15) is 5.82 Å². The van der Waals surface area contributed by atoms with Crippen LogP contribution in [0.25, 0.3) is 0 Å². The number of benzene rings is 2. The second kappa shape index (κ2) is 6.70. The molecule has 0 spiro atoms. The summed E-state index contributed by atoms with van der Waals surface area (Å²) in [6, 6.07) is 11.3. The standard InChI is InChI=1S/C16H16BrClFN/c1-10-8-12(17)6-7-13(10)15(20-2)9-11-4-3-5-14(18)16(11)19/h3-8,15,20H,9H2,1-2H3. The Morgan fingerprint density at radius 1 is 1.30 bits per heavy atom. The Bertz CT molecular complexity index is 615. The van der Waals surface area contributed by atoms with E-state index in [9.17, 15) is 4.39 Å². The Labute approximate surface area is 132 Å². The smallest absolute Gasteiger partial charge is 0.145 e. The lowest BCUT2D eigenvalue weighted by molar-refractivity contribution is 0.553. The van der Waals surface area contributed by atoms with Crippen LogP contribution in [-0.4, -0.2) is 7.05 Å². The van der Waals surface area contributed by atoms with E-state index >= 15 is 0 Å². The number of aryl methyl sites for hydroxylation is 1. The van der Waals surface area contributed by atoms with Crippen LogP contribution in [0.5, 0.6) is 0 Å². The summed E-state index contributed by atoms with van der Waals surface area (Å²) in [6.07, 6.45) is 0.561. The summed E-state index contributed by atoms with van der Waals surface area (Å²) in [7, 11) is 1.88. The van der Waals surface area contributed by atoms with Gasteiger partial charge in [0.15, 0.2) is 0 Å². The van der Waals surface area contributed by atoms with Crippen LogP contribution in [0, 0.1) is 12.7 Å². The number of likely N-dealkylation sites (N-methyl/N-ethyl adjacent to an activating group) is 1. The van der Waals surface area contributed by atoms with Crippen LogP contribution < -0.4 is 5.32 Å². The Hall–Kier alpha value is -0.900. The molecule has 0 aliphatic carbocycles. The number of hydrogen-bond donors (Lipinski definition) is 1. The van der Waals surface area contributed by atoms with Gasteiger partial charge in [0.2, 0.25) is 0 Å². The summed E-state index contributed by atoms with van der Waals surface area (Å²) in [5.74, 6) is -0.329. The molecule has 0 fully saturated rings. The molecule has 0 radical (unpaired) electrons. The average Bonchev–Trinajstić information content (AvgIpc) is 2.41. The molecular formula is C16H16BrClFN. The maximum absolute atomic E-state index is 14.0. The minimum Gasteiger partial charge on any atom is -0.313 e. The largest absolute Gasteiger partial charge is 0.313 e. The fourth-order valence-electron chi connectivity index (χ4n) is 2.32. The molecule has 0 saturated heterocycles. The van der Waals surface area contributed by atoms with E-state index in [1.807, 2.05) is 13.1 Å². The zero-order chi connectivity index (χ0) is 14.7. The lowest BCUT2D eigenvalue weighted by atomic mass is 9.95. The molecule has 0 amide bonds. The highest BCUT2D eigenvalue weighted by atomic mass is 79.9. The first-order valence-corrected chi connectivity index (χ1v) is 7.56. The molecule has 4 heteroatoms. The lowest BCUT2D eigenvalue weighted by Gasteiger charge is -2.20. The fourth-order valence-corrected chi connectivity index (χ4v) is 2.99. The van der Waals surface area contributed by atoms with Crippen molar-refractivity contribution < 1.29 is 4.39 Å². The van der Waals surface area contributed by atoms with Gasteiger partial charge in [0.25, 0.3) is 0 Å². The van der Waals surface area contributed by atoms with Crippen molar-refractivity contribution in [2.45, 2.75) is 19.4 Å². The summed E-state index contributed by atoms with van der Waals surface area (Å²) < 4.78 is 15.1. The topological polar surface area (TPSA) is 12.0 Å². The second-order valence-electron chi connectivity index (χ2n) is 4.76. The summed E-state index contributed by atoms with van der Waals surface area (Å²) in [5.41, 5.74) is 2.95. The Morgan fingerprint density at radius 3 is 2.70 bits per heavy atom.